The lowest BCUT2D eigenvalue weighted by molar-refractivity contribution is -0.129. The minimum absolute atomic E-state index is 0.0403. The molecule has 2 amide bonds. The highest BCUT2D eigenvalue weighted by molar-refractivity contribution is 7.89. The van der Waals surface area contributed by atoms with Crippen LogP contribution in [0.1, 0.15) is 25.7 Å². The fourth-order valence-electron chi connectivity index (χ4n) is 2.93. The van der Waals surface area contributed by atoms with Crippen LogP contribution in [0.2, 0.25) is 0 Å². The van der Waals surface area contributed by atoms with Crippen LogP contribution >= 0.6 is 0 Å². The molecule has 2 aliphatic rings. The van der Waals surface area contributed by atoms with Crippen LogP contribution in [0.5, 0.6) is 0 Å². The van der Waals surface area contributed by atoms with Crippen molar-refractivity contribution in [2.75, 3.05) is 19.6 Å². The third-order valence-corrected chi connectivity index (χ3v) is 6.55. The van der Waals surface area contributed by atoms with Crippen molar-refractivity contribution in [3.05, 3.63) is 30.1 Å². The molecule has 2 N–H and O–H groups in total. The normalized spacial score (nSPS) is 19.1. The number of sulfonamides is 1. The third-order valence-electron chi connectivity index (χ3n) is 4.64. The van der Waals surface area contributed by atoms with Crippen molar-refractivity contribution in [3.63, 3.8) is 0 Å². The van der Waals surface area contributed by atoms with Crippen molar-refractivity contribution in [1.82, 2.24) is 14.9 Å². The van der Waals surface area contributed by atoms with Crippen LogP contribution in [0.25, 0.3) is 0 Å². The van der Waals surface area contributed by atoms with Gasteiger partial charge in [-0.25, -0.2) is 12.8 Å². The van der Waals surface area contributed by atoms with Crippen LogP contribution in [0.3, 0.4) is 0 Å². The number of hydrogen-bond donors (Lipinski definition) is 2. The number of rotatable bonds is 6. The predicted octanol–water partition coefficient (Wildman–Crippen LogP) is 0.621. The molecule has 1 heterocycles. The average molecular weight is 383 g/mol. The summed E-state index contributed by atoms with van der Waals surface area (Å²) < 4.78 is 39.4. The second-order valence-corrected chi connectivity index (χ2v) is 8.63. The highest BCUT2D eigenvalue weighted by atomic mass is 32.2. The molecule has 1 aromatic rings. The molecule has 2 fully saturated rings. The van der Waals surface area contributed by atoms with Gasteiger partial charge in [-0.3, -0.25) is 9.59 Å². The van der Waals surface area contributed by atoms with Crippen molar-refractivity contribution in [1.29, 1.82) is 0 Å². The van der Waals surface area contributed by atoms with Gasteiger partial charge < -0.3 is 10.6 Å². The van der Waals surface area contributed by atoms with Crippen molar-refractivity contribution in [3.8, 4) is 0 Å². The largest absolute Gasteiger partial charge is 0.352 e. The van der Waals surface area contributed by atoms with E-state index in [0.29, 0.717) is 12.8 Å². The van der Waals surface area contributed by atoms with Crippen LogP contribution in [-0.4, -0.2) is 50.2 Å². The van der Waals surface area contributed by atoms with Gasteiger partial charge in [-0.05, 0) is 49.9 Å². The molecule has 1 aliphatic heterocycles. The van der Waals surface area contributed by atoms with Gasteiger partial charge in [-0.2, -0.15) is 4.31 Å². The molecule has 1 saturated carbocycles. The lowest BCUT2D eigenvalue weighted by Gasteiger charge is -2.30. The zero-order valence-electron chi connectivity index (χ0n) is 14.3. The van der Waals surface area contributed by atoms with Crippen molar-refractivity contribution in [2.24, 2.45) is 5.92 Å². The number of benzene rings is 1. The highest BCUT2D eigenvalue weighted by Gasteiger charge is 2.32. The average Bonchev–Trinajstić information content (AvgIpc) is 3.44. The molecule has 0 radical (unpaired) electrons. The molecule has 1 saturated heterocycles. The van der Waals surface area contributed by atoms with E-state index in [0.717, 1.165) is 25.0 Å². The molecule has 3 rings (SSSR count). The maximum Gasteiger partial charge on any atom is 0.243 e. The standard InChI is InChI=1S/C17H22FN3O4S/c18-13-1-5-15(6-2-13)26(24,25)21-9-7-12(8-10-21)17(23)19-11-16(22)20-14-3-4-14/h1-2,5-6,12,14H,3-4,7-11H2,(H,19,23)(H,20,22). The van der Waals surface area contributed by atoms with Gasteiger partial charge in [-0.15, -0.1) is 0 Å². The predicted molar refractivity (Wildman–Crippen MR) is 92.1 cm³/mol. The quantitative estimate of drug-likeness (QED) is 0.753. The van der Waals surface area contributed by atoms with E-state index < -0.39 is 15.8 Å². The Morgan fingerprint density at radius 3 is 2.27 bits per heavy atom. The Morgan fingerprint density at radius 2 is 1.69 bits per heavy atom. The highest BCUT2D eigenvalue weighted by Crippen LogP contribution is 2.24. The summed E-state index contributed by atoms with van der Waals surface area (Å²) >= 11 is 0. The summed E-state index contributed by atoms with van der Waals surface area (Å²) in [5, 5.41) is 5.41. The van der Waals surface area contributed by atoms with E-state index in [1.54, 1.807) is 0 Å². The Balaban J connectivity index is 1.49. The Labute approximate surface area is 152 Å². The van der Waals surface area contributed by atoms with Crippen molar-refractivity contribution >= 4 is 21.8 Å². The third kappa shape index (κ3) is 4.59. The molecule has 26 heavy (non-hydrogen) atoms. The van der Waals surface area contributed by atoms with Crippen LogP contribution < -0.4 is 10.6 Å². The monoisotopic (exact) mass is 383 g/mol. The van der Waals surface area contributed by atoms with Gasteiger partial charge in [0.2, 0.25) is 21.8 Å². The Kier molecular flexibility index (Phi) is 5.57. The number of nitrogens with one attached hydrogen (secondary N) is 2. The van der Waals surface area contributed by atoms with Crippen molar-refractivity contribution < 1.29 is 22.4 Å². The number of carbonyl (C=O) groups is 2. The minimum atomic E-state index is -3.69. The molecular weight excluding hydrogens is 361 g/mol. The van der Waals surface area contributed by atoms with E-state index >= 15 is 0 Å². The smallest absolute Gasteiger partial charge is 0.243 e. The summed E-state index contributed by atoms with van der Waals surface area (Å²) in [6.07, 6.45) is 2.74. The van der Waals surface area contributed by atoms with Crippen LogP contribution in [0, 0.1) is 11.7 Å². The Bertz CT molecular complexity index is 770. The summed E-state index contributed by atoms with van der Waals surface area (Å²) in [5.41, 5.74) is 0. The molecule has 9 heteroatoms. The lowest BCUT2D eigenvalue weighted by atomic mass is 9.97. The summed E-state index contributed by atoms with van der Waals surface area (Å²) in [5.74, 6) is -1.24. The fraction of sp³-hybridized carbons (Fsp3) is 0.529. The number of hydrogen-bond acceptors (Lipinski definition) is 4. The number of carbonyl (C=O) groups excluding carboxylic acids is 2. The molecule has 7 nitrogen and oxygen atoms in total. The fourth-order valence-corrected chi connectivity index (χ4v) is 4.40. The van der Waals surface area contributed by atoms with E-state index in [-0.39, 0.29) is 48.3 Å². The van der Waals surface area contributed by atoms with E-state index in [1.165, 1.54) is 16.4 Å². The number of piperidine rings is 1. The van der Waals surface area contributed by atoms with E-state index in [1.807, 2.05) is 0 Å². The number of nitrogens with zero attached hydrogens (tertiary/aromatic N) is 1. The molecular formula is C17H22FN3O4S. The van der Waals surface area contributed by atoms with E-state index in [4.69, 9.17) is 0 Å². The first-order valence-corrected chi connectivity index (χ1v) is 10.1. The first-order chi connectivity index (χ1) is 12.4. The maximum absolute atomic E-state index is 13.0. The second kappa shape index (κ2) is 7.71. The molecule has 0 aromatic heterocycles. The second-order valence-electron chi connectivity index (χ2n) is 6.69. The summed E-state index contributed by atoms with van der Waals surface area (Å²) in [6.45, 7) is 0.377. The molecule has 0 spiro atoms. The first kappa shape index (κ1) is 18.8. The zero-order chi connectivity index (χ0) is 18.7. The van der Waals surface area contributed by atoms with Gasteiger partial charge in [0.25, 0.3) is 0 Å². The molecule has 142 valence electrons. The van der Waals surface area contributed by atoms with Gasteiger partial charge in [0.15, 0.2) is 0 Å². The number of amides is 2. The topological polar surface area (TPSA) is 95.6 Å². The number of halogens is 1. The zero-order valence-corrected chi connectivity index (χ0v) is 15.1. The molecule has 1 aliphatic carbocycles. The molecule has 1 aromatic carbocycles. The molecule has 0 unspecified atom stereocenters. The van der Waals surface area contributed by atoms with Gasteiger partial charge in [0.1, 0.15) is 5.82 Å². The maximum atomic E-state index is 13.0. The molecule has 0 atom stereocenters. The van der Waals surface area contributed by atoms with Gasteiger partial charge in [-0.1, -0.05) is 0 Å². The van der Waals surface area contributed by atoms with Crippen molar-refractivity contribution in [2.45, 2.75) is 36.6 Å². The van der Waals surface area contributed by atoms with Crippen LogP contribution in [-0.2, 0) is 19.6 Å². The first-order valence-electron chi connectivity index (χ1n) is 8.69. The Hall–Kier alpha value is -2.00. The van der Waals surface area contributed by atoms with E-state index in [2.05, 4.69) is 10.6 Å². The summed E-state index contributed by atoms with van der Waals surface area (Å²) in [4.78, 5) is 23.8. The summed E-state index contributed by atoms with van der Waals surface area (Å²) in [6, 6.07) is 4.95. The lowest BCUT2D eigenvalue weighted by Crippen LogP contribution is -2.45. The Morgan fingerprint density at radius 1 is 1.08 bits per heavy atom. The van der Waals surface area contributed by atoms with Gasteiger partial charge in [0.05, 0.1) is 11.4 Å². The van der Waals surface area contributed by atoms with E-state index in [9.17, 15) is 22.4 Å². The van der Waals surface area contributed by atoms with Gasteiger partial charge >= 0.3 is 0 Å². The van der Waals surface area contributed by atoms with Gasteiger partial charge in [0, 0.05) is 25.0 Å². The van der Waals surface area contributed by atoms with Crippen LogP contribution in [0.4, 0.5) is 4.39 Å². The summed E-state index contributed by atoms with van der Waals surface area (Å²) in [7, 11) is -3.69. The SMILES string of the molecule is O=C(CNC(=O)C1CCN(S(=O)(=O)c2ccc(F)cc2)CC1)NC1CC1. The van der Waals surface area contributed by atoms with Crippen LogP contribution in [0.15, 0.2) is 29.2 Å². The minimum Gasteiger partial charge on any atom is -0.352 e. The molecule has 0 bridgehead atoms.